The van der Waals surface area contributed by atoms with Crippen LogP contribution in [0.2, 0.25) is 0 Å². The summed E-state index contributed by atoms with van der Waals surface area (Å²) in [5.74, 6) is 1.31. The molecule has 0 heterocycles. The summed E-state index contributed by atoms with van der Waals surface area (Å²) >= 11 is 0. The molecule has 0 aliphatic rings. The highest BCUT2D eigenvalue weighted by atomic mass is 16.6. The molecule has 1 amide bonds. The normalized spacial score (nSPS) is 10.7. The Kier molecular flexibility index (Phi) is 7.52. The number of hydrogen-bond acceptors (Lipinski definition) is 7. The van der Waals surface area contributed by atoms with Crippen molar-refractivity contribution in [3.63, 3.8) is 0 Å². The largest absolute Gasteiger partial charge is 0.496 e. The summed E-state index contributed by atoms with van der Waals surface area (Å²) < 4.78 is 26.6. The van der Waals surface area contributed by atoms with Crippen LogP contribution in [0.25, 0.3) is 0 Å². The Balaban J connectivity index is 2.18. The summed E-state index contributed by atoms with van der Waals surface area (Å²) in [6.45, 7) is 5.60. The van der Waals surface area contributed by atoms with Crippen LogP contribution in [-0.4, -0.2) is 39.0 Å². The van der Waals surface area contributed by atoms with E-state index in [0.29, 0.717) is 28.6 Å². The van der Waals surface area contributed by atoms with E-state index in [1.165, 1.54) is 27.4 Å². The number of carbonyl (C=O) groups excluding carboxylic acids is 2. The summed E-state index contributed by atoms with van der Waals surface area (Å²) in [6.07, 6.45) is -0.519. The van der Waals surface area contributed by atoms with Crippen molar-refractivity contribution in [1.82, 2.24) is 5.32 Å². The van der Waals surface area contributed by atoms with Gasteiger partial charge in [-0.05, 0) is 51.1 Å². The Bertz CT molecular complexity index is 903. The van der Waals surface area contributed by atoms with Gasteiger partial charge in [0.05, 0.1) is 26.9 Å². The number of methoxy groups -OCH3 is 3. The van der Waals surface area contributed by atoms with Gasteiger partial charge in [0.25, 0.3) is 0 Å². The third-order valence-electron chi connectivity index (χ3n) is 3.89. The van der Waals surface area contributed by atoms with Crippen LogP contribution in [-0.2, 0) is 16.0 Å². The Morgan fingerprint density at radius 1 is 0.900 bits per heavy atom. The summed E-state index contributed by atoms with van der Waals surface area (Å²) in [5.41, 5.74) is 0.494. The second-order valence-electron chi connectivity index (χ2n) is 7.29. The standard InChI is InChI=1S/C22H27NO7/c1-22(2,3)30-21(25)23-13-15-7-9-16(12-18(15)27-5)29-19-11-14(20(24)28-6)8-10-17(19)26-4/h7-12H,13H2,1-6H3,(H,23,25). The molecule has 2 aromatic carbocycles. The molecule has 1 N–H and O–H groups in total. The zero-order valence-corrected chi connectivity index (χ0v) is 18.0. The van der Waals surface area contributed by atoms with Crippen LogP contribution in [0.15, 0.2) is 36.4 Å². The zero-order chi connectivity index (χ0) is 22.3. The predicted molar refractivity (Wildman–Crippen MR) is 110 cm³/mol. The average molecular weight is 417 g/mol. The molecule has 0 aliphatic heterocycles. The number of hydrogen-bond donors (Lipinski definition) is 1. The molecule has 0 bridgehead atoms. The van der Waals surface area contributed by atoms with Gasteiger partial charge in [-0.3, -0.25) is 0 Å². The Morgan fingerprint density at radius 2 is 1.60 bits per heavy atom. The molecule has 30 heavy (non-hydrogen) atoms. The maximum Gasteiger partial charge on any atom is 0.407 e. The monoisotopic (exact) mass is 417 g/mol. The second kappa shape index (κ2) is 9.87. The first kappa shape index (κ1) is 22.9. The molecule has 0 saturated heterocycles. The van der Waals surface area contributed by atoms with Gasteiger partial charge >= 0.3 is 12.1 Å². The third kappa shape index (κ3) is 6.30. The fourth-order valence-corrected chi connectivity index (χ4v) is 2.54. The van der Waals surface area contributed by atoms with Crippen LogP contribution in [0.3, 0.4) is 0 Å². The van der Waals surface area contributed by atoms with Gasteiger partial charge in [-0.15, -0.1) is 0 Å². The molecule has 8 nitrogen and oxygen atoms in total. The lowest BCUT2D eigenvalue weighted by atomic mass is 10.1. The molecule has 0 aromatic heterocycles. The lowest BCUT2D eigenvalue weighted by Gasteiger charge is -2.20. The van der Waals surface area contributed by atoms with E-state index >= 15 is 0 Å². The predicted octanol–water partition coefficient (Wildman–Crippen LogP) is 4.31. The van der Waals surface area contributed by atoms with Gasteiger partial charge in [0.15, 0.2) is 11.5 Å². The third-order valence-corrected chi connectivity index (χ3v) is 3.89. The minimum atomic E-state index is -0.580. The first-order valence-electron chi connectivity index (χ1n) is 9.25. The van der Waals surface area contributed by atoms with E-state index in [9.17, 15) is 9.59 Å². The highest BCUT2D eigenvalue weighted by molar-refractivity contribution is 5.90. The van der Waals surface area contributed by atoms with Crippen LogP contribution in [0.5, 0.6) is 23.0 Å². The summed E-state index contributed by atoms with van der Waals surface area (Å²) in [6, 6.07) is 9.91. The molecule has 0 aliphatic carbocycles. The Hall–Kier alpha value is -3.42. The molecule has 0 fully saturated rings. The maximum absolute atomic E-state index is 11.9. The smallest absolute Gasteiger partial charge is 0.407 e. The van der Waals surface area contributed by atoms with E-state index in [-0.39, 0.29) is 6.54 Å². The Labute approximate surface area is 176 Å². The van der Waals surface area contributed by atoms with Crippen molar-refractivity contribution in [2.24, 2.45) is 0 Å². The number of amides is 1. The number of ether oxygens (including phenoxy) is 5. The number of esters is 1. The summed E-state index contributed by atoms with van der Waals surface area (Å²) in [7, 11) is 4.34. The van der Waals surface area contributed by atoms with Crippen molar-refractivity contribution in [3.05, 3.63) is 47.5 Å². The lowest BCUT2D eigenvalue weighted by Crippen LogP contribution is -2.32. The Morgan fingerprint density at radius 3 is 2.20 bits per heavy atom. The van der Waals surface area contributed by atoms with Crippen molar-refractivity contribution in [2.45, 2.75) is 32.9 Å². The van der Waals surface area contributed by atoms with E-state index in [1.807, 2.05) is 0 Å². The van der Waals surface area contributed by atoms with Gasteiger partial charge in [-0.2, -0.15) is 0 Å². The minimum Gasteiger partial charge on any atom is -0.496 e. The first-order chi connectivity index (χ1) is 14.2. The summed E-state index contributed by atoms with van der Waals surface area (Å²) in [5, 5.41) is 2.69. The van der Waals surface area contributed by atoms with Crippen molar-refractivity contribution < 1.29 is 33.3 Å². The van der Waals surface area contributed by atoms with Gasteiger partial charge in [0.2, 0.25) is 0 Å². The zero-order valence-electron chi connectivity index (χ0n) is 18.0. The van der Waals surface area contributed by atoms with Gasteiger partial charge in [0, 0.05) is 18.2 Å². The fourth-order valence-electron chi connectivity index (χ4n) is 2.54. The lowest BCUT2D eigenvalue weighted by molar-refractivity contribution is 0.0522. The van der Waals surface area contributed by atoms with E-state index in [1.54, 1.807) is 51.1 Å². The first-order valence-corrected chi connectivity index (χ1v) is 9.25. The molecular formula is C22H27NO7. The van der Waals surface area contributed by atoms with Crippen LogP contribution in [0.1, 0.15) is 36.7 Å². The number of rotatable bonds is 7. The molecule has 0 unspecified atom stereocenters. The highest BCUT2D eigenvalue weighted by Gasteiger charge is 2.17. The molecule has 0 spiro atoms. The van der Waals surface area contributed by atoms with Crippen LogP contribution < -0.4 is 19.5 Å². The van der Waals surface area contributed by atoms with Crippen molar-refractivity contribution >= 4 is 12.1 Å². The second-order valence-corrected chi connectivity index (χ2v) is 7.29. The molecular weight excluding hydrogens is 390 g/mol. The molecule has 0 atom stereocenters. The summed E-state index contributed by atoms with van der Waals surface area (Å²) in [4.78, 5) is 23.7. The van der Waals surface area contributed by atoms with Gasteiger partial charge in [-0.1, -0.05) is 0 Å². The van der Waals surface area contributed by atoms with Crippen LogP contribution in [0, 0.1) is 0 Å². The van der Waals surface area contributed by atoms with Crippen LogP contribution >= 0.6 is 0 Å². The molecule has 2 aromatic rings. The topological polar surface area (TPSA) is 92.3 Å². The quantitative estimate of drug-likeness (QED) is 0.671. The number of carbonyl (C=O) groups is 2. The van der Waals surface area contributed by atoms with Crippen molar-refractivity contribution in [2.75, 3.05) is 21.3 Å². The number of nitrogens with one attached hydrogen (secondary N) is 1. The average Bonchev–Trinajstić information content (AvgIpc) is 2.70. The molecule has 0 radical (unpaired) electrons. The van der Waals surface area contributed by atoms with E-state index in [0.717, 1.165) is 5.56 Å². The number of alkyl carbamates (subject to hydrolysis) is 1. The van der Waals surface area contributed by atoms with E-state index in [4.69, 9.17) is 23.7 Å². The maximum atomic E-state index is 11.9. The SMILES string of the molecule is COC(=O)c1ccc(OC)c(Oc2ccc(CNC(=O)OC(C)(C)C)c(OC)c2)c1. The minimum absolute atomic E-state index is 0.222. The van der Waals surface area contributed by atoms with Gasteiger partial charge in [-0.25, -0.2) is 9.59 Å². The fraction of sp³-hybridized carbons (Fsp3) is 0.364. The van der Waals surface area contributed by atoms with Gasteiger partial charge in [0.1, 0.15) is 17.1 Å². The highest BCUT2D eigenvalue weighted by Crippen LogP contribution is 2.34. The number of benzene rings is 2. The molecule has 8 heteroatoms. The van der Waals surface area contributed by atoms with Gasteiger partial charge < -0.3 is 29.0 Å². The molecule has 162 valence electrons. The van der Waals surface area contributed by atoms with E-state index < -0.39 is 17.7 Å². The van der Waals surface area contributed by atoms with Crippen LogP contribution in [0.4, 0.5) is 4.79 Å². The van der Waals surface area contributed by atoms with E-state index in [2.05, 4.69) is 5.32 Å². The van der Waals surface area contributed by atoms with Crippen molar-refractivity contribution in [3.8, 4) is 23.0 Å². The van der Waals surface area contributed by atoms with Crippen molar-refractivity contribution in [1.29, 1.82) is 0 Å². The molecule has 2 rings (SSSR count). The molecule has 0 saturated carbocycles.